The van der Waals surface area contributed by atoms with Gasteiger partial charge in [0.25, 0.3) is 0 Å². The highest BCUT2D eigenvalue weighted by Gasteiger charge is 2.52. The largest absolute Gasteiger partial charge is 0.310 e. The maximum Gasteiger partial charge on any atom is 0.0726 e. The molecule has 0 saturated heterocycles. The highest BCUT2D eigenvalue weighted by atomic mass is 15.1. The smallest absolute Gasteiger partial charge is 0.0726 e. The van der Waals surface area contributed by atoms with E-state index in [0.29, 0.717) is 0 Å². The van der Waals surface area contributed by atoms with Gasteiger partial charge in [-0.1, -0.05) is 166 Å². The van der Waals surface area contributed by atoms with E-state index in [-0.39, 0.29) is 5.41 Å². The van der Waals surface area contributed by atoms with E-state index in [9.17, 15) is 0 Å². The fourth-order valence-electron chi connectivity index (χ4n) is 10.9. The second kappa shape index (κ2) is 13.0. The minimum atomic E-state index is -0.499. The molecule has 0 heterocycles. The molecule has 2 nitrogen and oxygen atoms in total. The van der Waals surface area contributed by atoms with Gasteiger partial charge in [0.1, 0.15) is 0 Å². The number of nitrogens with zero attached hydrogens (tertiary/aromatic N) is 2. The van der Waals surface area contributed by atoms with E-state index in [2.05, 4.69) is 242 Å². The average Bonchev–Trinajstić information content (AvgIpc) is 3.86. The summed E-state index contributed by atoms with van der Waals surface area (Å²) in [5.74, 6) is 0. The lowest BCUT2D eigenvalue weighted by atomic mass is 9.70. The number of hydrogen-bond donors (Lipinski definition) is 0. The summed E-state index contributed by atoms with van der Waals surface area (Å²) in [6.07, 6.45) is 0. The van der Waals surface area contributed by atoms with Gasteiger partial charge in [0.2, 0.25) is 0 Å². The molecule has 0 saturated carbocycles. The first kappa shape index (κ1) is 34.6. The minimum absolute atomic E-state index is 0.119. The molecule has 3 aliphatic carbocycles. The van der Waals surface area contributed by atoms with Crippen molar-refractivity contribution in [1.29, 1.82) is 0 Å². The van der Waals surface area contributed by atoms with Gasteiger partial charge in [0, 0.05) is 39.4 Å². The highest BCUT2D eigenvalue weighted by Crippen LogP contribution is 2.65. The zero-order valence-corrected chi connectivity index (χ0v) is 33.7. The molecule has 0 bridgehead atoms. The third-order valence-corrected chi connectivity index (χ3v) is 13.4. The minimum Gasteiger partial charge on any atom is -0.310 e. The Hall–Kier alpha value is -7.42. The third-order valence-electron chi connectivity index (χ3n) is 13.4. The fraction of sp³-hybridized carbons (Fsp3) is 0.0690. The van der Waals surface area contributed by atoms with Crippen molar-refractivity contribution in [2.75, 3.05) is 9.80 Å². The number of para-hydroxylation sites is 3. The molecule has 1 spiro atoms. The monoisotopic (exact) mass is 766 g/mol. The quantitative estimate of drug-likeness (QED) is 0.166. The third kappa shape index (κ3) is 4.76. The Morgan fingerprint density at radius 3 is 1.38 bits per heavy atom. The zero-order valence-electron chi connectivity index (χ0n) is 33.7. The summed E-state index contributed by atoms with van der Waals surface area (Å²) in [6, 6.07) is 80.8. The van der Waals surface area contributed by atoms with Crippen LogP contribution < -0.4 is 9.80 Å². The van der Waals surface area contributed by atoms with Gasteiger partial charge in [-0.2, -0.15) is 0 Å². The first-order valence-electron chi connectivity index (χ1n) is 21.0. The molecule has 0 N–H and O–H groups in total. The topological polar surface area (TPSA) is 6.48 Å². The molecule has 1 atom stereocenters. The maximum atomic E-state index is 2.50. The van der Waals surface area contributed by atoms with Crippen molar-refractivity contribution in [1.82, 2.24) is 0 Å². The molecule has 60 heavy (non-hydrogen) atoms. The summed E-state index contributed by atoms with van der Waals surface area (Å²) < 4.78 is 0. The predicted molar refractivity (Wildman–Crippen MR) is 250 cm³/mol. The molecule has 9 aromatic carbocycles. The average molecular weight is 767 g/mol. The molecule has 3 aliphatic rings. The first-order chi connectivity index (χ1) is 29.5. The van der Waals surface area contributed by atoms with Crippen LogP contribution >= 0.6 is 0 Å². The van der Waals surface area contributed by atoms with Crippen LogP contribution in [0.25, 0.3) is 33.4 Å². The van der Waals surface area contributed by atoms with Crippen molar-refractivity contribution < 1.29 is 0 Å². The van der Waals surface area contributed by atoms with E-state index in [1.807, 2.05) is 0 Å². The summed E-state index contributed by atoms with van der Waals surface area (Å²) in [5.41, 5.74) is 22.1. The van der Waals surface area contributed by atoms with Crippen LogP contribution in [0.3, 0.4) is 0 Å². The standard InChI is InChI=1S/C58H42N2/c1-57(2)49-28-15-12-25-44(49)46-35-33-43(38-54(46)57)60(41-23-10-5-11-24-41)55-32-18-31-53-56(55)47-27-14-17-30-51(47)58(53)50-29-16-13-26-45(50)48-37-42(34-36-52(48)58)59(39-19-6-3-7-20-39)40-21-8-4-9-22-40/h3-38H,1-2H3. The number of hydrogen-bond acceptors (Lipinski definition) is 2. The Morgan fingerprint density at radius 1 is 0.283 bits per heavy atom. The summed E-state index contributed by atoms with van der Waals surface area (Å²) >= 11 is 0. The second-order valence-corrected chi connectivity index (χ2v) is 16.8. The molecular weight excluding hydrogens is 725 g/mol. The molecule has 0 aliphatic heterocycles. The molecule has 0 aromatic heterocycles. The Labute approximate surface area is 352 Å². The van der Waals surface area contributed by atoms with Crippen LogP contribution in [0.2, 0.25) is 0 Å². The molecule has 1 unspecified atom stereocenters. The van der Waals surface area contributed by atoms with E-state index >= 15 is 0 Å². The Morgan fingerprint density at radius 2 is 0.733 bits per heavy atom. The summed E-state index contributed by atoms with van der Waals surface area (Å²) in [5, 5.41) is 0. The van der Waals surface area contributed by atoms with Crippen molar-refractivity contribution >= 4 is 34.1 Å². The van der Waals surface area contributed by atoms with Crippen molar-refractivity contribution in [3.63, 3.8) is 0 Å². The summed E-state index contributed by atoms with van der Waals surface area (Å²) in [6.45, 7) is 4.74. The van der Waals surface area contributed by atoms with E-state index in [1.54, 1.807) is 0 Å². The lowest BCUT2D eigenvalue weighted by molar-refractivity contribution is 0.660. The fourth-order valence-corrected chi connectivity index (χ4v) is 10.9. The lowest BCUT2D eigenvalue weighted by Crippen LogP contribution is -2.26. The number of benzene rings is 9. The van der Waals surface area contributed by atoms with Gasteiger partial charge >= 0.3 is 0 Å². The predicted octanol–water partition coefficient (Wildman–Crippen LogP) is 15.3. The summed E-state index contributed by atoms with van der Waals surface area (Å²) in [4.78, 5) is 4.87. The molecule has 0 amide bonds. The van der Waals surface area contributed by atoms with E-state index in [0.717, 1.165) is 28.4 Å². The molecule has 12 rings (SSSR count). The Kier molecular flexibility index (Phi) is 7.52. The van der Waals surface area contributed by atoms with Gasteiger partial charge in [-0.25, -0.2) is 0 Å². The van der Waals surface area contributed by atoms with Gasteiger partial charge in [-0.15, -0.1) is 0 Å². The van der Waals surface area contributed by atoms with Crippen molar-refractivity contribution in [2.24, 2.45) is 0 Å². The SMILES string of the molecule is CC1(C)c2ccccc2-c2ccc(N(c3ccccc3)c3cccc4c3-c3ccccc3C43c4ccccc4-c4cc(N(c5ccccc5)c5ccccc5)ccc43)cc21. The first-order valence-corrected chi connectivity index (χ1v) is 21.0. The van der Waals surface area contributed by atoms with Crippen LogP contribution in [0.1, 0.15) is 47.2 Å². The van der Waals surface area contributed by atoms with Crippen molar-refractivity contribution in [3.05, 3.63) is 252 Å². The molecule has 9 aromatic rings. The zero-order chi connectivity index (χ0) is 40.0. The van der Waals surface area contributed by atoms with Crippen LogP contribution in [0.15, 0.2) is 218 Å². The van der Waals surface area contributed by atoms with Crippen LogP contribution in [-0.2, 0) is 10.8 Å². The molecule has 0 radical (unpaired) electrons. The van der Waals surface area contributed by atoms with E-state index < -0.39 is 5.41 Å². The molecule has 284 valence electrons. The van der Waals surface area contributed by atoms with Crippen molar-refractivity contribution in [3.8, 4) is 33.4 Å². The highest BCUT2D eigenvalue weighted by molar-refractivity contribution is 6.02. The normalized spacial score (nSPS) is 15.7. The molecular formula is C58H42N2. The summed E-state index contributed by atoms with van der Waals surface area (Å²) in [7, 11) is 0. The van der Waals surface area contributed by atoms with Gasteiger partial charge < -0.3 is 9.80 Å². The molecule has 2 heteroatoms. The van der Waals surface area contributed by atoms with Crippen molar-refractivity contribution in [2.45, 2.75) is 24.7 Å². The van der Waals surface area contributed by atoms with E-state index in [1.165, 1.54) is 72.4 Å². The lowest BCUT2D eigenvalue weighted by Gasteiger charge is -2.32. The Bertz CT molecular complexity index is 3090. The van der Waals surface area contributed by atoms with E-state index in [4.69, 9.17) is 0 Å². The van der Waals surface area contributed by atoms with Gasteiger partial charge in [-0.3, -0.25) is 0 Å². The van der Waals surface area contributed by atoms with Gasteiger partial charge in [0.05, 0.1) is 11.1 Å². The van der Waals surface area contributed by atoms with Crippen LogP contribution in [-0.4, -0.2) is 0 Å². The van der Waals surface area contributed by atoms with Gasteiger partial charge in [-0.05, 0) is 128 Å². The Balaban J connectivity index is 1.09. The van der Waals surface area contributed by atoms with Crippen LogP contribution in [0.4, 0.5) is 34.1 Å². The number of anilines is 6. The van der Waals surface area contributed by atoms with Crippen LogP contribution in [0, 0.1) is 0 Å². The number of fused-ring (bicyclic) bond motifs is 13. The van der Waals surface area contributed by atoms with Gasteiger partial charge in [0.15, 0.2) is 0 Å². The number of rotatable bonds is 6. The van der Waals surface area contributed by atoms with Crippen LogP contribution in [0.5, 0.6) is 0 Å². The maximum absolute atomic E-state index is 2.50. The second-order valence-electron chi connectivity index (χ2n) is 16.8. The molecule has 0 fully saturated rings.